The first-order valence-corrected chi connectivity index (χ1v) is 13.1. The summed E-state index contributed by atoms with van der Waals surface area (Å²) in [4.78, 5) is 12.7. The van der Waals surface area contributed by atoms with Crippen LogP contribution >= 0.6 is 0 Å². The second-order valence-electron chi connectivity index (χ2n) is 8.56. The first-order chi connectivity index (χ1) is 17.5. The Balaban J connectivity index is 1.99. The largest absolute Gasteiger partial charge is 0.495 e. The molecule has 0 radical (unpaired) electrons. The molecule has 0 unspecified atom stereocenters. The number of unbranched alkanes of at least 4 members (excludes halogenated alkanes) is 1. The van der Waals surface area contributed by atoms with Gasteiger partial charge in [0.1, 0.15) is 17.2 Å². The number of alkyl halides is 3. The molecule has 198 valence electrons. The van der Waals surface area contributed by atoms with E-state index in [-0.39, 0.29) is 16.3 Å². The molecule has 0 fully saturated rings. The molecule has 0 saturated heterocycles. The lowest BCUT2D eigenvalue weighted by molar-refractivity contribution is -0.137. The molecule has 10 heteroatoms. The summed E-state index contributed by atoms with van der Waals surface area (Å²) in [6.45, 7) is 3.01. The highest BCUT2D eigenvalue weighted by molar-refractivity contribution is 7.93. The van der Waals surface area contributed by atoms with Crippen molar-refractivity contribution in [3.05, 3.63) is 83.4 Å². The highest BCUT2D eigenvalue weighted by Gasteiger charge is 2.34. The lowest BCUT2D eigenvalue weighted by Crippen LogP contribution is -2.38. The minimum atomic E-state index is -4.70. The van der Waals surface area contributed by atoms with E-state index in [1.165, 1.54) is 25.3 Å². The zero-order valence-corrected chi connectivity index (χ0v) is 21.6. The lowest BCUT2D eigenvalue weighted by Gasteiger charge is -2.26. The molecule has 3 aromatic carbocycles. The van der Waals surface area contributed by atoms with E-state index in [1.807, 2.05) is 12.1 Å². The van der Waals surface area contributed by atoms with Gasteiger partial charge in [-0.15, -0.1) is 0 Å². The molecule has 0 atom stereocenters. The van der Waals surface area contributed by atoms with Crippen LogP contribution < -0.4 is 14.4 Å². The van der Waals surface area contributed by atoms with E-state index in [0.29, 0.717) is 21.6 Å². The third-order valence-corrected chi connectivity index (χ3v) is 7.49. The van der Waals surface area contributed by atoms with Crippen molar-refractivity contribution in [1.82, 2.24) is 0 Å². The van der Waals surface area contributed by atoms with E-state index in [9.17, 15) is 26.4 Å². The predicted octanol–water partition coefficient (Wildman–Crippen LogP) is 6.20. The van der Waals surface area contributed by atoms with Crippen LogP contribution in [0.1, 0.15) is 36.5 Å². The zero-order valence-electron chi connectivity index (χ0n) is 20.8. The molecule has 1 N–H and O–H groups in total. The van der Waals surface area contributed by atoms with Crippen molar-refractivity contribution in [1.29, 1.82) is 0 Å². The van der Waals surface area contributed by atoms with Crippen molar-refractivity contribution >= 4 is 27.3 Å². The van der Waals surface area contributed by atoms with Crippen molar-refractivity contribution in [2.45, 2.75) is 44.2 Å². The van der Waals surface area contributed by atoms with Crippen LogP contribution in [-0.4, -0.2) is 28.0 Å². The number of ether oxygens (including phenoxy) is 1. The third-order valence-electron chi connectivity index (χ3n) is 5.69. The quantitative estimate of drug-likeness (QED) is 0.336. The number of methoxy groups -OCH3 is 1. The molecular formula is C27H29F3N2O4S. The van der Waals surface area contributed by atoms with Gasteiger partial charge in [0.25, 0.3) is 10.0 Å². The molecule has 1 amide bonds. The van der Waals surface area contributed by atoms with Gasteiger partial charge in [0, 0.05) is 5.69 Å². The summed E-state index contributed by atoms with van der Waals surface area (Å²) in [5.74, 6) is -0.709. The maximum absolute atomic E-state index is 13.7. The summed E-state index contributed by atoms with van der Waals surface area (Å²) >= 11 is 0. The average Bonchev–Trinajstić information content (AvgIpc) is 2.86. The molecule has 6 nitrogen and oxygen atoms in total. The van der Waals surface area contributed by atoms with E-state index < -0.39 is 34.2 Å². The number of aryl methyl sites for hydroxylation is 2. The minimum Gasteiger partial charge on any atom is -0.495 e. The Labute approximate surface area is 215 Å². The van der Waals surface area contributed by atoms with Crippen LogP contribution in [0.5, 0.6) is 5.75 Å². The molecule has 3 aromatic rings. The van der Waals surface area contributed by atoms with Crippen molar-refractivity contribution in [2.24, 2.45) is 0 Å². The normalized spacial score (nSPS) is 11.7. The number of carbonyl (C=O) groups is 1. The van der Waals surface area contributed by atoms with Gasteiger partial charge in [-0.05, 0) is 73.4 Å². The molecule has 0 aliphatic heterocycles. The first kappa shape index (κ1) is 28.0. The molecule has 0 spiro atoms. The number of benzene rings is 3. The number of hydrogen-bond donors (Lipinski definition) is 1. The van der Waals surface area contributed by atoms with Crippen molar-refractivity contribution in [3.63, 3.8) is 0 Å². The summed E-state index contributed by atoms with van der Waals surface area (Å²) in [5, 5.41) is 2.64. The molecular weight excluding hydrogens is 505 g/mol. The Kier molecular flexibility index (Phi) is 8.85. The van der Waals surface area contributed by atoms with Gasteiger partial charge in [0.2, 0.25) is 5.91 Å². The van der Waals surface area contributed by atoms with Crippen LogP contribution in [0.3, 0.4) is 0 Å². The molecule has 0 aromatic heterocycles. The third kappa shape index (κ3) is 7.03. The smallest absolute Gasteiger partial charge is 0.416 e. The topological polar surface area (TPSA) is 75.7 Å². The summed E-state index contributed by atoms with van der Waals surface area (Å²) < 4.78 is 73.6. The summed E-state index contributed by atoms with van der Waals surface area (Å²) in [5.41, 5.74) is 0.795. The van der Waals surface area contributed by atoms with Crippen LogP contribution in [0.2, 0.25) is 0 Å². The second kappa shape index (κ2) is 11.7. The summed E-state index contributed by atoms with van der Waals surface area (Å²) in [6, 6.07) is 15.4. The van der Waals surface area contributed by atoms with Gasteiger partial charge < -0.3 is 10.1 Å². The Hall–Kier alpha value is -3.53. The van der Waals surface area contributed by atoms with Crippen molar-refractivity contribution < 1.29 is 31.1 Å². The fourth-order valence-corrected chi connectivity index (χ4v) is 5.38. The van der Waals surface area contributed by atoms with Gasteiger partial charge in [0.15, 0.2) is 0 Å². The van der Waals surface area contributed by atoms with Gasteiger partial charge in [-0.2, -0.15) is 13.2 Å². The van der Waals surface area contributed by atoms with Gasteiger partial charge in [-0.25, -0.2) is 8.42 Å². The second-order valence-corrected chi connectivity index (χ2v) is 10.4. The highest BCUT2D eigenvalue weighted by Crippen LogP contribution is 2.35. The fourth-order valence-electron chi connectivity index (χ4n) is 3.72. The van der Waals surface area contributed by atoms with Crippen LogP contribution in [0, 0.1) is 6.92 Å². The molecule has 0 heterocycles. The van der Waals surface area contributed by atoms with Gasteiger partial charge in [0.05, 0.1) is 18.4 Å². The zero-order chi connectivity index (χ0) is 27.2. The average molecular weight is 535 g/mol. The van der Waals surface area contributed by atoms with Gasteiger partial charge in [-0.1, -0.05) is 37.6 Å². The first-order valence-electron chi connectivity index (χ1n) is 11.7. The maximum atomic E-state index is 13.7. The predicted molar refractivity (Wildman–Crippen MR) is 137 cm³/mol. The molecule has 0 saturated carbocycles. The van der Waals surface area contributed by atoms with Crippen LogP contribution in [0.25, 0.3) is 0 Å². The number of nitrogens with zero attached hydrogens (tertiary/aromatic N) is 1. The van der Waals surface area contributed by atoms with E-state index in [2.05, 4.69) is 12.2 Å². The van der Waals surface area contributed by atoms with E-state index in [1.54, 1.807) is 25.1 Å². The van der Waals surface area contributed by atoms with Crippen LogP contribution in [-0.2, 0) is 27.4 Å². The number of hydrogen-bond acceptors (Lipinski definition) is 4. The molecule has 0 aliphatic carbocycles. The van der Waals surface area contributed by atoms with Gasteiger partial charge >= 0.3 is 6.18 Å². The summed E-state index contributed by atoms with van der Waals surface area (Å²) in [6.07, 6.45) is -1.74. The Morgan fingerprint density at radius 3 is 2.35 bits per heavy atom. The number of halogens is 3. The van der Waals surface area contributed by atoms with Crippen molar-refractivity contribution in [3.8, 4) is 5.75 Å². The lowest BCUT2D eigenvalue weighted by atomic mass is 10.1. The molecule has 0 bridgehead atoms. The number of amides is 1. The Morgan fingerprint density at radius 1 is 1.03 bits per heavy atom. The number of nitrogens with one attached hydrogen (secondary N) is 1. The molecule has 37 heavy (non-hydrogen) atoms. The Morgan fingerprint density at radius 2 is 1.73 bits per heavy atom. The van der Waals surface area contributed by atoms with E-state index in [0.717, 1.165) is 37.0 Å². The standard InChI is InChI=1S/C27H29F3N2O4S/c1-4-5-7-20-11-13-22(14-12-20)31-26(33)18-32(23-9-6-8-21(17-23)27(28,29)30)37(34,35)25-16-19(2)10-15-24(25)36-3/h6,8-17H,4-5,7,18H2,1-3H3,(H,31,33). The van der Waals surface area contributed by atoms with Gasteiger partial charge in [-0.3, -0.25) is 9.10 Å². The monoisotopic (exact) mass is 534 g/mol. The van der Waals surface area contributed by atoms with Crippen LogP contribution in [0.4, 0.5) is 24.5 Å². The number of anilines is 2. The number of carbonyl (C=O) groups excluding carboxylic acids is 1. The fraction of sp³-hybridized carbons (Fsp3) is 0.296. The Bertz CT molecular complexity index is 1340. The summed E-state index contributed by atoms with van der Waals surface area (Å²) in [7, 11) is -3.22. The molecule has 0 aliphatic rings. The number of sulfonamides is 1. The minimum absolute atomic E-state index is 0.00523. The van der Waals surface area contributed by atoms with Crippen LogP contribution in [0.15, 0.2) is 71.6 Å². The van der Waals surface area contributed by atoms with E-state index >= 15 is 0 Å². The molecule has 3 rings (SSSR count). The maximum Gasteiger partial charge on any atom is 0.416 e. The SMILES string of the molecule is CCCCc1ccc(NC(=O)CN(c2cccc(C(F)(F)F)c2)S(=O)(=O)c2cc(C)ccc2OC)cc1. The highest BCUT2D eigenvalue weighted by atomic mass is 32.2. The van der Waals surface area contributed by atoms with Crippen molar-refractivity contribution in [2.75, 3.05) is 23.3 Å². The van der Waals surface area contributed by atoms with E-state index in [4.69, 9.17) is 4.74 Å². The number of rotatable bonds is 10.